The summed E-state index contributed by atoms with van der Waals surface area (Å²) in [5.74, 6) is -0.150. The van der Waals surface area contributed by atoms with E-state index in [-0.39, 0.29) is 5.97 Å². The maximum Gasteiger partial charge on any atom is 0.306 e. The van der Waals surface area contributed by atoms with Crippen LogP contribution >= 0.6 is 0 Å². The highest BCUT2D eigenvalue weighted by Gasteiger charge is 2.10. The van der Waals surface area contributed by atoms with Gasteiger partial charge in [-0.15, -0.1) is 0 Å². The molecule has 0 aromatic heterocycles. The average molecular weight is 202 g/mol. The highest BCUT2D eigenvalue weighted by atomic mass is 16.5. The maximum atomic E-state index is 10.9. The summed E-state index contributed by atoms with van der Waals surface area (Å²) < 4.78 is 4.59. The lowest BCUT2D eigenvalue weighted by atomic mass is 10.2. The Kier molecular flexibility index (Phi) is 7.42. The zero-order valence-electron chi connectivity index (χ0n) is 9.45. The topological polar surface area (TPSA) is 55.6 Å². The molecule has 84 valence electrons. The monoisotopic (exact) mass is 202 g/mol. The molecule has 0 amide bonds. The lowest BCUT2D eigenvalue weighted by Crippen LogP contribution is -2.34. The van der Waals surface area contributed by atoms with Crippen LogP contribution in [0.3, 0.4) is 0 Å². The Morgan fingerprint density at radius 3 is 2.50 bits per heavy atom. The van der Waals surface area contributed by atoms with Gasteiger partial charge < -0.3 is 15.4 Å². The van der Waals surface area contributed by atoms with Gasteiger partial charge in [-0.05, 0) is 33.4 Å². The van der Waals surface area contributed by atoms with E-state index in [1.54, 1.807) is 0 Å². The van der Waals surface area contributed by atoms with Gasteiger partial charge in [0.15, 0.2) is 0 Å². The van der Waals surface area contributed by atoms with Crippen LogP contribution in [0.4, 0.5) is 0 Å². The van der Waals surface area contributed by atoms with Gasteiger partial charge in [0.05, 0.1) is 13.5 Å². The van der Waals surface area contributed by atoms with Crippen molar-refractivity contribution in [3.05, 3.63) is 0 Å². The first-order valence-electron chi connectivity index (χ1n) is 5.12. The number of carbonyl (C=O) groups excluding carboxylic acids is 1. The minimum atomic E-state index is -0.150. The van der Waals surface area contributed by atoms with Crippen LogP contribution in [-0.4, -0.2) is 43.7 Å². The van der Waals surface area contributed by atoms with Crippen molar-refractivity contribution in [1.82, 2.24) is 4.90 Å². The van der Waals surface area contributed by atoms with Gasteiger partial charge in [-0.3, -0.25) is 4.79 Å². The molecule has 0 aliphatic rings. The lowest BCUT2D eigenvalue weighted by molar-refractivity contribution is -0.141. The lowest BCUT2D eigenvalue weighted by Gasteiger charge is -2.25. The van der Waals surface area contributed by atoms with Crippen molar-refractivity contribution < 1.29 is 9.53 Å². The van der Waals surface area contributed by atoms with Gasteiger partial charge in [0.1, 0.15) is 0 Å². The summed E-state index contributed by atoms with van der Waals surface area (Å²) in [4.78, 5) is 13.2. The molecule has 0 fully saturated rings. The first kappa shape index (κ1) is 13.4. The van der Waals surface area contributed by atoms with E-state index in [0.29, 0.717) is 19.0 Å². The normalized spacial score (nSPS) is 11.0. The van der Waals surface area contributed by atoms with E-state index in [1.807, 2.05) is 0 Å². The summed E-state index contributed by atoms with van der Waals surface area (Å²) in [5, 5.41) is 0. The van der Waals surface area contributed by atoms with Crippen LogP contribution < -0.4 is 5.73 Å². The van der Waals surface area contributed by atoms with Gasteiger partial charge in [0.2, 0.25) is 0 Å². The Morgan fingerprint density at radius 1 is 1.43 bits per heavy atom. The Hall–Kier alpha value is -0.610. The Morgan fingerprint density at radius 2 is 2.07 bits per heavy atom. The van der Waals surface area contributed by atoms with E-state index >= 15 is 0 Å². The Balaban J connectivity index is 3.78. The number of rotatable bonds is 7. The molecule has 14 heavy (non-hydrogen) atoms. The molecule has 0 radical (unpaired) electrons. The molecule has 0 atom stereocenters. The molecule has 0 saturated carbocycles. The van der Waals surface area contributed by atoms with Crippen molar-refractivity contribution >= 4 is 5.97 Å². The van der Waals surface area contributed by atoms with Crippen LogP contribution in [0.5, 0.6) is 0 Å². The van der Waals surface area contributed by atoms with Crippen molar-refractivity contribution in [2.24, 2.45) is 5.73 Å². The molecule has 0 spiro atoms. The van der Waals surface area contributed by atoms with E-state index in [1.165, 1.54) is 7.11 Å². The zero-order chi connectivity index (χ0) is 11.0. The fourth-order valence-electron chi connectivity index (χ4n) is 1.26. The molecular weight excluding hydrogens is 180 g/mol. The van der Waals surface area contributed by atoms with Gasteiger partial charge in [-0.25, -0.2) is 0 Å². The predicted molar refractivity (Wildman–Crippen MR) is 57.0 cm³/mol. The Labute approximate surface area is 86.4 Å². The maximum absolute atomic E-state index is 10.9. The second kappa shape index (κ2) is 7.76. The molecule has 0 heterocycles. The summed E-state index contributed by atoms with van der Waals surface area (Å²) in [6.45, 7) is 6.64. The number of esters is 1. The molecule has 0 bridgehead atoms. The first-order valence-corrected chi connectivity index (χ1v) is 5.12. The second-order valence-corrected chi connectivity index (χ2v) is 3.60. The number of ether oxygens (including phenoxy) is 1. The first-order chi connectivity index (χ1) is 6.61. The molecule has 0 rings (SSSR count). The van der Waals surface area contributed by atoms with Gasteiger partial charge in [-0.2, -0.15) is 0 Å². The number of nitrogens with two attached hydrogens (primary N) is 1. The van der Waals surface area contributed by atoms with Gasteiger partial charge in [0.25, 0.3) is 0 Å². The van der Waals surface area contributed by atoms with E-state index in [2.05, 4.69) is 23.5 Å². The summed E-state index contributed by atoms with van der Waals surface area (Å²) in [6.07, 6.45) is 1.43. The van der Waals surface area contributed by atoms with Crippen molar-refractivity contribution in [3.8, 4) is 0 Å². The van der Waals surface area contributed by atoms with E-state index in [4.69, 9.17) is 5.73 Å². The third-order valence-electron chi connectivity index (χ3n) is 2.21. The molecule has 0 aliphatic heterocycles. The van der Waals surface area contributed by atoms with E-state index < -0.39 is 0 Å². The molecular formula is C10H22N2O2. The number of carbonyl (C=O) groups is 1. The average Bonchev–Trinajstić information content (AvgIpc) is 2.16. The van der Waals surface area contributed by atoms with Crippen molar-refractivity contribution in [1.29, 1.82) is 0 Å². The largest absolute Gasteiger partial charge is 0.469 e. The number of hydrogen-bond donors (Lipinski definition) is 1. The fraction of sp³-hybridized carbons (Fsp3) is 0.900. The van der Waals surface area contributed by atoms with E-state index in [9.17, 15) is 4.79 Å². The number of hydrogen-bond acceptors (Lipinski definition) is 4. The summed E-state index contributed by atoms with van der Waals surface area (Å²) in [5.41, 5.74) is 5.44. The molecule has 0 saturated heterocycles. The van der Waals surface area contributed by atoms with Gasteiger partial charge >= 0.3 is 5.97 Å². The van der Waals surface area contributed by atoms with Crippen LogP contribution in [0.25, 0.3) is 0 Å². The highest BCUT2D eigenvalue weighted by molar-refractivity contribution is 5.69. The molecule has 0 unspecified atom stereocenters. The van der Waals surface area contributed by atoms with Crippen LogP contribution in [0.2, 0.25) is 0 Å². The van der Waals surface area contributed by atoms with Crippen molar-refractivity contribution in [2.45, 2.75) is 32.7 Å². The van der Waals surface area contributed by atoms with Crippen molar-refractivity contribution in [3.63, 3.8) is 0 Å². The summed E-state index contributed by atoms with van der Waals surface area (Å²) in [6, 6.07) is 0.450. The van der Waals surface area contributed by atoms with Crippen LogP contribution in [0, 0.1) is 0 Å². The molecule has 2 N–H and O–H groups in total. The minimum Gasteiger partial charge on any atom is -0.469 e. The molecule has 0 aromatic carbocycles. The summed E-state index contributed by atoms with van der Waals surface area (Å²) in [7, 11) is 1.42. The Bertz CT molecular complexity index is 160. The third kappa shape index (κ3) is 5.94. The highest BCUT2D eigenvalue weighted by Crippen LogP contribution is 2.01. The van der Waals surface area contributed by atoms with Crippen molar-refractivity contribution in [2.75, 3.05) is 26.7 Å². The van der Waals surface area contributed by atoms with Gasteiger partial charge in [-0.1, -0.05) is 0 Å². The molecule has 0 aliphatic carbocycles. The number of methoxy groups -OCH3 is 1. The molecule has 4 nitrogen and oxygen atoms in total. The van der Waals surface area contributed by atoms with Crippen LogP contribution in [0.15, 0.2) is 0 Å². The standard InChI is InChI=1S/C10H22N2O2/c1-9(2)12(7-4-6-11)8-5-10(13)14-3/h9H,4-8,11H2,1-3H3. The molecule has 0 aromatic rings. The fourth-order valence-corrected chi connectivity index (χ4v) is 1.26. The predicted octanol–water partition coefficient (Wildman–Crippen LogP) is 0.609. The van der Waals surface area contributed by atoms with Crippen LogP contribution in [0.1, 0.15) is 26.7 Å². The minimum absolute atomic E-state index is 0.150. The van der Waals surface area contributed by atoms with E-state index in [0.717, 1.165) is 19.5 Å². The SMILES string of the molecule is COC(=O)CCN(CCCN)C(C)C. The third-order valence-corrected chi connectivity index (χ3v) is 2.21. The number of nitrogens with zero attached hydrogens (tertiary/aromatic N) is 1. The smallest absolute Gasteiger partial charge is 0.306 e. The summed E-state index contributed by atoms with van der Waals surface area (Å²) >= 11 is 0. The van der Waals surface area contributed by atoms with Crippen LogP contribution in [-0.2, 0) is 9.53 Å². The quantitative estimate of drug-likeness (QED) is 0.614. The van der Waals surface area contributed by atoms with Gasteiger partial charge in [0, 0.05) is 12.6 Å². The second-order valence-electron chi connectivity index (χ2n) is 3.60. The molecule has 4 heteroatoms. The zero-order valence-corrected chi connectivity index (χ0v) is 9.45.